The summed E-state index contributed by atoms with van der Waals surface area (Å²) in [7, 11) is 0. The number of carbonyl (C=O) groups excluding carboxylic acids is 1. The molecule has 0 aliphatic carbocycles. The predicted molar refractivity (Wildman–Crippen MR) is 73.9 cm³/mol. The molecule has 0 aromatic carbocycles. The number of nitrogens with one attached hydrogen (secondary N) is 1. The summed E-state index contributed by atoms with van der Waals surface area (Å²) in [5.74, 6) is 0.654. The summed E-state index contributed by atoms with van der Waals surface area (Å²) < 4.78 is 36.9. The van der Waals surface area contributed by atoms with E-state index >= 15 is 0 Å². The van der Waals surface area contributed by atoms with Crippen LogP contribution in [0.4, 0.5) is 13.2 Å². The minimum absolute atomic E-state index is 0.0900. The van der Waals surface area contributed by atoms with Crippen molar-refractivity contribution in [3.8, 4) is 0 Å². The van der Waals surface area contributed by atoms with E-state index in [0.29, 0.717) is 38.5 Å². The van der Waals surface area contributed by atoms with Crippen LogP contribution in [0.15, 0.2) is 0 Å². The maximum atomic E-state index is 12.3. The summed E-state index contributed by atoms with van der Waals surface area (Å²) >= 11 is 0. The highest BCUT2D eigenvalue weighted by Crippen LogP contribution is 2.19. The SMILES string of the molecule is O=C(CCC1CCCNC1)N1CCN(CC(F)(F)F)CC1. The molecule has 2 aliphatic heterocycles. The van der Waals surface area contributed by atoms with Gasteiger partial charge in [0.2, 0.25) is 5.91 Å². The number of alkyl halides is 3. The maximum absolute atomic E-state index is 12.3. The maximum Gasteiger partial charge on any atom is 0.401 e. The number of carbonyl (C=O) groups is 1. The topological polar surface area (TPSA) is 35.6 Å². The molecule has 2 saturated heterocycles. The minimum Gasteiger partial charge on any atom is -0.340 e. The third-order valence-electron chi connectivity index (χ3n) is 4.29. The Morgan fingerprint density at radius 1 is 1.19 bits per heavy atom. The van der Waals surface area contributed by atoms with Crippen LogP contribution in [0.2, 0.25) is 0 Å². The van der Waals surface area contributed by atoms with Gasteiger partial charge in [-0.2, -0.15) is 13.2 Å². The van der Waals surface area contributed by atoms with Gasteiger partial charge in [-0.05, 0) is 38.3 Å². The van der Waals surface area contributed by atoms with Gasteiger partial charge in [-0.25, -0.2) is 0 Å². The predicted octanol–water partition coefficient (Wildman–Crippen LogP) is 1.47. The molecule has 1 amide bonds. The van der Waals surface area contributed by atoms with E-state index < -0.39 is 12.7 Å². The second-order valence-corrected chi connectivity index (χ2v) is 6.02. The van der Waals surface area contributed by atoms with Gasteiger partial charge in [0.25, 0.3) is 0 Å². The Balaban J connectivity index is 1.65. The van der Waals surface area contributed by atoms with Crippen molar-refractivity contribution in [2.75, 3.05) is 45.8 Å². The number of halogens is 3. The highest BCUT2D eigenvalue weighted by molar-refractivity contribution is 5.76. The summed E-state index contributed by atoms with van der Waals surface area (Å²) in [5.41, 5.74) is 0. The standard InChI is InChI=1S/C14H24F3N3O/c15-14(16,17)11-19-6-8-20(9-7-19)13(21)4-3-12-2-1-5-18-10-12/h12,18H,1-11H2. The molecule has 7 heteroatoms. The Labute approximate surface area is 123 Å². The molecule has 0 spiro atoms. The largest absolute Gasteiger partial charge is 0.401 e. The van der Waals surface area contributed by atoms with E-state index in [9.17, 15) is 18.0 Å². The fourth-order valence-electron chi connectivity index (χ4n) is 3.07. The molecule has 0 radical (unpaired) electrons. The molecule has 2 fully saturated rings. The van der Waals surface area contributed by atoms with Gasteiger partial charge < -0.3 is 10.2 Å². The van der Waals surface area contributed by atoms with Gasteiger partial charge in [0, 0.05) is 32.6 Å². The van der Waals surface area contributed by atoms with Gasteiger partial charge in [0.15, 0.2) is 0 Å². The first kappa shape index (κ1) is 16.5. The molecule has 1 unspecified atom stereocenters. The van der Waals surface area contributed by atoms with E-state index in [0.717, 1.165) is 25.9 Å². The van der Waals surface area contributed by atoms with E-state index in [1.54, 1.807) is 4.90 Å². The fraction of sp³-hybridized carbons (Fsp3) is 0.929. The third kappa shape index (κ3) is 5.82. The normalized spacial score (nSPS) is 25.1. The molecule has 0 aromatic heterocycles. The summed E-state index contributed by atoms with van der Waals surface area (Å²) in [6.45, 7) is 2.63. The molecule has 2 aliphatic rings. The lowest BCUT2D eigenvalue weighted by Gasteiger charge is -2.35. The Morgan fingerprint density at radius 3 is 2.48 bits per heavy atom. The van der Waals surface area contributed by atoms with Crippen LogP contribution in [-0.2, 0) is 4.79 Å². The Morgan fingerprint density at radius 2 is 1.90 bits per heavy atom. The molecule has 1 atom stereocenters. The van der Waals surface area contributed by atoms with Gasteiger partial charge in [-0.3, -0.25) is 9.69 Å². The van der Waals surface area contributed by atoms with Crippen LogP contribution < -0.4 is 5.32 Å². The van der Waals surface area contributed by atoms with Crippen molar-refractivity contribution in [3.05, 3.63) is 0 Å². The summed E-state index contributed by atoms with van der Waals surface area (Å²) in [5, 5.41) is 3.33. The molecule has 4 nitrogen and oxygen atoms in total. The molecule has 122 valence electrons. The third-order valence-corrected chi connectivity index (χ3v) is 4.29. The van der Waals surface area contributed by atoms with E-state index in [1.165, 1.54) is 11.3 Å². The highest BCUT2D eigenvalue weighted by atomic mass is 19.4. The minimum atomic E-state index is -4.15. The number of piperidine rings is 1. The highest BCUT2D eigenvalue weighted by Gasteiger charge is 2.32. The van der Waals surface area contributed by atoms with Crippen molar-refractivity contribution in [1.82, 2.24) is 15.1 Å². The zero-order valence-corrected chi connectivity index (χ0v) is 12.3. The van der Waals surface area contributed by atoms with Crippen molar-refractivity contribution < 1.29 is 18.0 Å². The molecular weight excluding hydrogens is 283 g/mol. The molecule has 0 aromatic rings. The lowest BCUT2D eigenvalue weighted by Crippen LogP contribution is -2.51. The zero-order valence-electron chi connectivity index (χ0n) is 12.3. The summed E-state index contributed by atoms with van der Waals surface area (Å²) in [6, 6.07) is 0. The van der Waals surface area contributed by atoms with E-state index in [2.05, 4.69) is 5.32 Å². The zero-order chi connectivity index (χ0) is 15.3. The molecule has 2 heterocycles. The summed E-state index contributed by atoms with van der Waals surface area (Å²) in [4.78, 5) is 15.2. The fourth-order valence-corrected chi connectivity index (χ4v) is 3.07. The van der Waals surface area contributed by atoms with Gasteiger partial charge in [0.1, 0.15) is 0 Å². The number of piperazine rings is 1. The van der Waals surface area contributed by atoms with E-state index in [4.69, 9.17) is 0 Å². The van der Waals surface area contributed by atoms with Crippen molar-refractivity contribution in [2.45, 2.75) is 31.9 Å². The number of rotatable bonds is 4. The quantitative estimate of drug-likeness (QED) is 0.854. The van der Waals surface area contributed by atoms with Gasteiger partial charge in [0.05, 0.1) is 6.54 Å². The van der Waals surface area contributed by atoms with Crippen molar-refractivity contribution >= 4 is 5.91 Å². The van der Waals surface area contributed by atoms with Crippen molar-refractivity contribution in [2.24, 2.45) is 5.92 Å². The van der Waals surface area contributed by atoms with Crippen LogP contribution in [0, 0.1) is 5.92 Å². The van der Waals surface area contributed by atoms with Crippen LogP contribution in [-0.4, -0.2) is 67.7 Å². The lowest BCUT2D eigenvalue weighted by molar-refractivity contribution is -0.151. The Hall–Kier alpha value is -0.820. The average molecular weight is 307 g/mol. The monoisotopic (exact) mass is 307 g/mol. The van der Waals surface area contributed by atoms with Gasteiger partial charge in [-0.15, -0.1) is 0 Å². The first-order valence-electron chi connectivity index (χ1n) is 7.71. The Bertz CT molecular complexity index is 335. The van der Waals surface area contributed by atoms with E-state index in [1.807, 2.05) is 0 Å². The second kappa shape index (κ2) is 7.45. The molecule has 1 N–H and O–H groups in total. The average Bonchev–Trinajstić information content (AvgIpc) is 2.45. The lowest BCUT2D eigenvalue weighted by atomic mass is 9.94. The number of hydrogen-bond acceptors (Lipinski definition) is 3. The van der Waals surface area contributed by atoms with Gasteiger partial charge >= 0.3 is 6.18 Å². The molecule has 2 rings (SSSR count). The van der Waals surface area contributed by atoms with Crippen LogP contribution in [0.1, 0.15) is 25.7 Å². The van der Waals surface area contributed by atoms with Gasteiger partial charge in [-0.1, -0.05) is 0 Å². The number of hydrogen-bond donors (Lipinski definition) is 1. The first-order chi connectivity index (χ1) is 9.94. The first-order valence-corrected chi connectivity index (χ1v) is 7.71. The number of amides is 1. The van der Waals surface area contributed by atoms with Crippen LogP contribution in [0.5, 0.6) is 0 Å². The van der Waals surface area contributed by atoms with Crippen LogP contribution in [0.25, 0.3) is 0 Å². The van der Waals surface area contributed by atoms with Crippen molar-refractivity contribution in [3.63, 3.8) is 0 Å². The number of nitrogens with zero attached hydrogens (tertiary/aromatic N) is 2. The molecule has 0 bridgehead atoms. The molecule has 21 heavy (non-hydrogen) atoms. The van der Waals surface area contributed by atoms with E-state index in [-0.39, 0.29) is 5.91 Å². The molecule has 0 saturated carbocycles. The summed E-state index contributed by atoms with van der Waals surface area (Å²) in [6.07, 6.45) is -0.422. The van der Waals surface area contributed by atoms with Crippen LogP contribution in [0.3, 0.4) is 0 Å². The Kier molecular flexibility index (Phi) is 5.87. The molecular formula is C14H24F3N3O. The van der Waals surface area contributed by atoms with Crippen LogP contribution >= 0.6 is 0 Å². The second-order valence-electron chi connectivity index (χ2n) is 6.02. The van der Waals surface area contributed by atoms with Crippen molar-refractivity contribution in [1.29, 1.82) is 0 Å². The smallest absolute Gasteiger partial charge is 0.340 e.